The SMILES string of the molecule is CCOc1ccc(C(=O)N(CCBr)CC(F)(F)F)cc1. The minimum absolute atomic E-state index is 0.00838. The van der Waals surface area contributed by atoms with E-state index in [0.717, 1.165) is 4.90 Å². The Morgan fingerprint density at radius 2 is 1.90 bits per heavy atom. The molecule has 0 bridgehead atoms. The number of halogens is 4. The summed E-state index contributed by atoms with van der Waals surface area (Å²) >= 11 is 3.05. The first-order valence-electron chi connectivity index (χ1n) is 6.02. The maximum atomic E-state index is 12.4. The third kappa shape index (κ3) is 5.40. The lowest BCUT2D eigenvalue weighted by atomic mass is 10.2. The molecule has 0 spiro atoms. The molecule has 112 valence electrons. The molecule has 3 nitrogen and oxygen atoms in total. The largest absolute Gasteiger partial charge is 0.494 e. The summed E-state index contributed by atoms with van der Waals surface area (Å²) in [6.45, 7) is 1.04. The number of rotatable bonds is 6. The summed E-state index contributed by atoms with van der Waals surface area (Å²) in [6.07, 6.45) is -4.41. The van der Waals surface area contributed by atoms with E-state index in [9.17, 15) is 18.0 Å². The fraction of sp³-hybridized carbons (Fsp3) is 0.462. The van der Waals surface area contributed by atoms with Crippen molar-refractivity contribution >= 4 is 21.8 Å². The maximum Gasteiger partial charge on any atom is 0.406 e. The number of hydrogen-bond donors (Lipinski definition) is 0. The highest BCUT2D eigenvalue weighted by Gasteiger charge is 2.33. The van der Waals surface area contributed by atoms with Crippen molar-refractivity contribution in [3.05, 3.63) is 29.8 Å². The second-order valence-electron chi connectivity index (χ2n) is 3.99. The van der Waals surface area contributed by atoms with E-state index in [1.165, 1.54) is 12.1 Å². The summed E-state index contributed by atoms with van der Waals surface area (Å²) in [4.78, 5) is 12.8. The normalized spacial score (nSPS) is 11.2. The first-order valence-corrected chi connectivity index (χ1v) is 7.14. The zero-order valence-electron chi connectivity index (χ0n) is 10.9. The molecular weight excluding hydrogens is 339 g/mol. The molecular formula is C13H15BrF3NO2. The Bertz CT molecular complexity index is 434. The number of carbonyl (C=O) groups is 1. The summed E-state index contributed by atoms with van der Waals surface area (Å²) in [7, 11) is 0. The molecule has 0 unspecified atom stereocenters. The van der Waals surface area contributed by atoms with Gasteiger partial charge >= 0.3 is 6.18 Å². The van der Waals surface area contributed by atoms with Gasteiger partial charge in [0, 0.05) is 17.4 Å². The van der Waals surface area contributed by atoms with E-state index in [1.54, 1.807) is 12.1 Å². The number of nitrogens with zero attached hydrogens (tertiary/aromatic N) is 1. The lowest BCUT2D eigenvalue weighted by Gasteiger charge is -2.23. The van der Waals surface area contributed by atoms with Crippen LogP contribution in [0.3, 0.4) is 0 Å². The van der Waals surface area contributed by atoms with E-state index >= 15 is 0 Å². The fourth-order valence-corrected chi connectivity index (χ4v) is 2.04. The number of alkyl halides is 4. The Morgan fingerprint density at radius 1 is 1.30 bits per heavy atom. The summed E-state index contributed by atoms with van der Waals surface area (Å²) in [6, 6.07) is 6.06. The molecule has 1 aromatic rings. The van der Waals surface area contributed by atoms with Crippen molar-refractivity contribution in [1.82, 2.24) is 4.90 Å². The average molecular weight is 354 g/mol. The summed E-state index contributed by atoms with van der Waals surface area (Å²) < 4.78 is 42.5. The first-order chi connectivity index (χ1) is 9.37. The monoisotopic (exact) mass is 353 g/mol. The standard InChI is InChI=1S/C13H15BrF3NO2/c1-2-20-11-5-3-10(4-6-11)12(19)18(8-7-14)9-13(15,16)17/h3-6H,2,7-9H2,1H3. The third-order valence-electron chi connectivity index (χ3n) is 2.42. The predicted molar refractivity (Wildman–Crippen MR) is 73.4 cm³/mol. The fourth-order valence-electron chi connectivity index (χ4n) is 1.61. The predicted octanol–water partition coefficient (Wildman–Crippen LogP) is 3.48. The molecule has 0 aromatic heterocycles. The van der Waals surface area contributed by atoms with E-state index in [0.29, 0.717) is 12.4 Å². The van der Waals surface area contributed by atoms with Gasteiger partial charge in [0.15, 0.2) is 0 Å². The van der Waals surface area contributed by atoms with Gasteiger partial charge in [0.25, 0.3) is 5.91 Å². The molecule has 20 heavy (non-hydrogen) atoms. The van der Waals surface area contributed by atoms with Crippen LogP contribution in [0.2, 0.25) is 0 Å². The number of carbonyl (C=O) groups excluding carboxylic acids is 1. The number of benzene rings is 1. The van der Waals surface area contributed by atoms with Gasteiger partial charge < -0.3 is 9.64 Å². The molecule has 0 saturated carbocycles. The zero-order chi connectivity index (χ0) is 15.2. The van der Waals surface area contributed by atoms with Crippen LogP contribution in [0.4, 0.5) is 13.2 Å². The highest BCUT2D eigenvalue weighted by atomic mass is 79.9. The minimum Gasteiger partial charge on any atom is -0.494 e. The summed E-state index contributed by atoms with van der Waals surface area (Å²) in [5.41, 5.74) is 0.207. The van der Waals surface area contributed by atoms with Gasteiger partial charge in [-0.15, -0.1) is 0 Å². The van der Waals surface area contributed by atoms with Gasteiger partial charge in [-0.05, 0) is 31.2 Å². The number of amides is 1. The second-order valence-corrected chi connectivity index (χ2v) is 4.78. The second kappa shape index (κ2) is 7.52. The van der Waals surface area contributed by atoms with Crippen molar-refractivity contribution in [2.75, 3.05) is 25.0 Å². The van der Waals surface area contributed by atoms with Gasteiger partial charge in [0.1, 0.15) is 12.3 Å². The van der Waals surface area contributed by atoms with E-state index in [1.807, 2.05) is 6.92 Å². The molecule has 0 aliphatic carbocycles. The molecule has 1 aromatic carbocycles. The molecule has 0 fully saturated rings. The van der Waals surface area contributed by atoms with Crippen molar-refractivity contribution in [3.8, 4) is 5.75 Å². The van der Waals surface area contributed by atoms with E-state index in [-0.39, 0.29) is 17.4 Å². The summed E-state index contributed by atoms with van der Waals surface area (Å²) in [5.74, 6) is -0.0725. The zero-order valence-corrected chi connectivity index (χ0v) is 12.5. The van der Waals surface area contributed by atoms with Gasteiger partial charge in [0.05, 0.1) is 6.61 Å². The van der Waals surface area contributed by atoms with Crippen molar-refractivity contribution in [3.63, 3.8) is 0 Å². The van der Waals surface area contributed by atoms with Crippen molar-refractivity contribution in [2.45, 2.75) is 13.1 Å². The third-order valence-corrected chi connectivity index (χ3v) is 2.78. The first kappa shape index (κ1) is 16.8. The van der Waals surface area contributed by atoms with Crippen LogP contribution >= 0.6 is 15.9 Å². The van der Waals surface area contributed by atoms with Crippen LogP contribution in [0.5, 0.6) is 5.75 Å². The molecule has 1 rings (SSSR count). The molecule has 0 saturated heterocycles. The average Bonchev–Trinajstić information content (AvgIpc) is 2.37. The molecule has 1 amide bonds. The minimum atomic E-state index is -4.41. The van der Waals surface area contributed by atoms with Gasteiger partial charge in [-0.25, -0.2) is 0 Å². The van der Waals surface area contributed by atoms with Crippen LogP contribution in [-0.2, 0) is 0 Å². The summed E-state index contributed by atoms with van der Waals surface area (Å²) in [5, 5.41) is 0.284. The van der Waals surface area contributed by atoms with Crippen molar-refractivity contribution in [1.29, 1.82) is 0 Å². The van der Waals surface area contributed by atoms with E-state index in [2.05, 4.69) is 15.9 Å². The van der Waals surface area contributed by atoms with Crippen LogP contribution in [-0.4, -0.2) is 42.0 Å². The smallest absolute Gasteiger partial charge is 0.406 e. The van der Waals surface area contributed by atoms with Crippen LogP contribution in [0.15, 0.2) is 24.3 Å². The molecule has 0 heterocycles. The Morgan fingerprint density at radius 3 is 2.35 bits per heavy atom. The lowest BCUT2D eigenvalue weighted by molar-refractivity contribution is -0.140. The van der Waals surface area contributed by atoms with Crippen LogP contribution < -0.4 is 4.74 Å². The van der Waals surface area contributed by atoms with E-state index in [4.69, 9.17) is 4.74 Å². The lowest BCUT2D eigenvalue weighted by Crippen LogP contribution is -2.40. The Kier molecular flexibility index (Phi) is 6.32. The highest BCUT2D eigenvalue weighted by molar-refractivity contribution is 9.09. The Labute approximate surface area is 123 Å². The molecule has 0 N–H and O–H groups in total. The topological polar surface area (TPSA) is 29.5 Å². The molecule has 0 aliphatic heterocycles. The highest BCUT2D eigenvalue weighted by Crippen LogP contribution is 2.19. The molecule has 0 atom stereocenters. The van der Waals surface area contributed by atoms with Crippen molar-refractivity contribution < 1.29 is 22.7 Å². The van der Waals surface area contributed by atoms with Crippen LogP contribution in [0, 0.1) is 0 Å². The number of hydrogen-bond acceptors (Lipinski definition) is 2. The van der Waals surface area contributed by atoms with Gasteiger partial charge in [0.2, 0.25) is 0 Å². The van der Waals surface area contributed by atoms with Crippen LogP contribution in [0.1, 0.15) is 17.3 Å². The number of ether oxygens (including phenoxy) is 1. The Balaban J connectivity index is 2.83. The van der Waals surface area contributed by atoms with Gasteiger partial charge in [-0.2, -0.15) is 13.2 Å². The molecule has 0 radical (unpaired) electrons. The Hall–Kier alpha value is -1.24. The van der Waals surface area contributed by atoms with E-state index < -0.39 is 18.6 Å². The van der Waals surface area contributed by atoms with Crippen molar-refractivity contribution in [2.24, 2.45) is 0 Å². The van der Waals surface area contributed by atoms with Gasteiger partial charge in [-0.3, -0.25) is 4.79 Å². The maximum absolute atomic E-state index is 12.4. The van der Waals surface area contributed by atoms with Gasteiger partial charge in [-0.1, -0.05) is 15.9 Å². The molecule has 7 heteroatoms. The van der Waals surface area contributed by atoms with Crippen LogP contribution in [0.25, 0.3) is 0 Å². The molecule has 0 aliphatic rings. The quantitative estimate of drug-likeness (QED) is 0.732.